The lowest BCUT2D eigenvalue weighted by Crippen LogP contribution is -2.39. The molecule has 2 unspecified atom stereocenters. The van der Waals surface area contributed by atoms with Crippen LogP contribution in [0.5, 0.6) is 5.75 Å². The van der Waals surface area contributed by atoms with E-state index in [0.717, 1.165) is 12.8 Å². The van der Waals surface area contributed by atoms with Crippen molar-refractivity contribution in [2.24, 2.45) is 11.8 Å². The molecular formula is C19H25F3N2O4S. The Morgan fingerprint density at radius 3 is 2.41 bits per heavy atom. The average molecular weight is 434 g/mol. The van der Waals surface area contributed by atoms with E-state index in [1.165, 1.54) is 29.6 Å². The van der Waals surface area contributed by atoms with Crippen LogP contribution in [0.3, 0.4) is 0 Å². The topological polar surface area (TPSA) is 75.7 Å². The highest BCUT2D eigenvalue weighted by molar-refractivity contribution is 7.89. The van der Waals surface area contributed by atoms with E-state index in [1.54, 1.807) is 0 Å². The van der Waals surface area contributed by atoms with E-state index in [-0.39, 0.29) is 29.2 Å². The van der Waals surface area contributed by atoms with Crippen molar-refractivity contribution in [1.82, 2.24) is 4.31 Å². The van der Waals surface area contributed by atoms with Gasteiger partial charge < -0.3 is 10.1 Å². The summed E-state index contributed by atoms with van der Waals surface area (Å²) in [6.07, 6.45) is -1.71. The van der Waals surface area contributed by atoms with Crippen molar-refractivity contribution in [3.63, 3.8) is 0 Å². The Kier molecular flexibility index (Phi) is 6.42. The molecular weight excluding hydrogens is 409 g/mol. The van der Waals surface area contributed by atoms with Gasteiger partial charge in [0, 0.05) is 30.8 Å². The van der Waals surface area contributed by atoms with Crippen LogP contribution in [0.2, 0.25) is 0 Å². The van der Waals surface area contributed by atoms with E-state index in [9.17, 15) is 26.4 Å². The van der Waals surface area contributed by atoms with E-state index in [0.29, 0.717) is 25.9 Å². The Hall–Kier alpha value is -1.81. The van der Waals surface area contributed by atoms with Gasteiger partial charge in [0.1, 0.15) is 10.6 Å². The summed E-state index contributed by atoms with van der Waals surface area (Å²) in [5, 5.41) is 2.51. The molecule has 0 spiro atoms. The van der Waals surface area contributed by atoms with Gasteiger partial charge in [-0.3, -0.25) is 4.79 Å². The lowest BCUT2D eigenvalue weighted by Gasteiger charge is -2.32. The van der Waals surface area contributed by atoms with Crippen molar-refractivity contribution in [2.45, 2.75) is 49.6 Å². The fourth-order valence-electron chi connectivity index (χ4n) is 4.10. The molecule has 2 fully saturated rings. The molecule has 0 radical (unpaired) electrons. The monoisotopic (exact) mass is 434 g/mol. The number of carbonyl (C=O) groups excluding carboxylic acids is 1. The number of nitrogens with zero attached hydrogens (tertiary/aromatic N) is 1. The number of alkyl halides is 3. The second kappa shape index (κ2) is 8.51. The summed E-state index contributed by atoms with van der Waals surface area (Å²) in [4.78, 5) is 12.5. The maximum Gasteiger partial charge on any atom is 0.392 e. The highest BCUT2D eigenvalue weighted by atomic mass is 32.2. The molecule has 1 saturated carbocycles. The number of halogens is 3. The highest BCUT2D eigenvalue weighted by Gasteiger charge is 2.48. The van der Waals surface area contributed by atoms with Crippen molar-refractivity contribution < 1.29 is 31.1 Å². The summed E-state index contributed by atoms with van der Waals surface area (Å²) < 4.78 is 71.9. The fraction of sp³-hybridized carbons (Fsp3) is 0.632. The van der Waals surface area contributed by atoms with Gasteiger partial charge in [0.25, 0.3) is 0 Å². The van der Waals surface area contributed by atoms with Crippen LogP contribution in [0.25, 0.3) is 0 Å². The zero-order valence-electron chi connectivity index (χ0n) is 16.2. The van der Waals surface area contributed by atoms with Crippen molar-refractivity contribution in [3.8, 4) is 5.75 Å². The van der Waals surface area contributed by atoms with Gasteiger partial charge in [-0.15, -0.1) is 0 Å². The molecule has 10 heteroatoms. The number of amides is 1. The number of carbonyl (C=O) groups is 1. The molecule has 3 rings (SSSR count). The summed E-state index contributed by atoms with van der Waals surface area (Å²) in [6.45, 7) is 0.870. The second-order valence-corrected chi connectivity index (χ2v) is 9.41. The molecule has 162 valence electrons. The van der Waals surface area contributed by atoms with Crippen LogP contribution >= 0.6 is 0 Å². The molecule has 0 aromatic heterocycles. The van der Waals surface area contributed by atoms with Crippen LogP contribution in [0.15, 0.2) is 23.1 Å². The number of hydrogen-bond donors (Lipinski definition) is 1. The van der Waals surface area contributed by atoms with Gasteiger partial charge in [0.05, 0.1) is 13.0 Å². The smallest absolute Gasteiger partial charge is 0.392 e. The van der Waals surface area contributed by atoms with E-state index >= 15 is 0 Å². The van der Waals surface area contributed by atoms with Gasteiger partial charge in [-0.05, 0) is 37.8 Å². The Balaban J connectivity index is 1.80. The summed E-state index contributed by atoms with van der Waals surface area (Å²) in [5.41, 5.74) is 0.207. The molecule has 2 atom stereocenters. The SMILES string of the molecule is COc1cc(NC(=O)C2CCCCC2C(F)(F)F)ccc1S(=O)(=O)N1CCCC1. The molecule has 29 heavy (non-hydrogen) atoms. The first-order valence-corrected chi connectivity index (χ1v) is 11.1. The standard InChI is InChI=1S/C19H25F3N2O4S/c1-28-16-12-13(8-9-17(16)29(26,27)24-10-4-5-11-24)23-18(25)14-6-2-3-7-15(14)19(20,21)22/h8-9,12,14-15H,2-7,10-11H2,1H3,(H,23,25). The molecule has 1 aliphatic carbocycles. The van der Waals surface area contributed by atoms with Crippen LogP contribution in [0.1, 0.15) is 38.5 Å². The molecule has 1 heterocycles. The normalized spacial score (nSPS) is 23.7. The molecule has 1 N–H and O–H groups in total. The van der Waals surface area contributed by atoms with E-state index in [2.05, 4.69) is 5.32 Å². The Morgan fingerprint density at radius 1 is 1.14 bits per heavy atom. The predicted molar refractivity (Wildman–Crippen MR) is 101 cm³/mol. The van der Waals surface area contributed by atoms with Gasteiger partial charge in [-0.2, -0.15) is 17.5 Å². The molecule has 1 aromatic rings. The lowest BCUT2D eigenvalue weighted by molar-refractivity contribution is -0.197. The summed E-state index contributed by atoms with van der Waals surface area (Å²) >= 11 is 0. The maximum atomic E-state index is 13.3. The first kappa shape index (κ1) is 21.9. The van der Waals surface area contributed by atoms with E-state index in [4.69, 9.17) is 4.74 Å². The van der Waals surface area contributed by atoms with Gasteiger partial charge in [0.15, 0.2) is 0 Å². The van der Waals surface area contributed by atoms with Crippen LogP contribution in [0.4, 0.5) is 18.9 Å². The summed E-state index contributed by atoms with van der Waals surface area (Å²) in [5.74, 6) is -3.47. The van der Waals surface area contributed by atoms with Gasteiger partial charge in [-0.1, -0.05) is 12.8 Å². The third kappa shape index (κ3) is 4.69. The minimum atomic E-state index is -4.42. The molecule has 1 aromatic carbocycles. The quantitative estimate of drug-likeness (QED) is 0.765. The molecule has 2 aliphatic rings. The van der Waals surface area contributed by atoms with Crippen molar-refractivity contribution in [2.75, 3.05) is 25.5 Å². The average Bonchev–Trinajstić information content (AvgIpc) is 3.22. The third-order valence-electron chi connectivity index (χ3n) is 5.64. The van der Waals surface area contributed by atoms with Crippen LogP contribution in [-0.4, -0.2) is 45.0 Å². The number of methoxy groups -OCH3 is 1. The summed E-state index contributed by atoms with van der Waals surface area (Å²) in [7, 11) is -2.42. The summed E-state index contributed by atoms with van der Waals surface area (Å²) in [6, 6.07) is 4.05. The Morgan fingerprint density at radius 2 is 1.79 bits per heavy atom. The number of anilines is 1. The fourth-order valence-corrected chi connectivity index (χ4v) is 5.75. The van der Waals surface area contributed by atoms with Crippen molar-refractivity contribution >= 4 is 21.6 Å². The lowest BCUT2D eigenvalue weighted by atomic mass is 9.78. The van der Waals surface area contributed by atoms with E-state index in [1.807, 2.05) is 0 Å². The first-order chi connectivity index (χ1) is 13.6. The molecule has 6 nitrogen and oxygen atoms in total. The van der Waals surface area contributed by atoms with Crippen LogP contribution in [0, 0.1) is 11.8 Å². The van der Waals surface area contributed by atoms with Gasteiger partial charge in [-0.25, -0.2) is 8.42 Å². The number of nitrogens with one attached hydrogen (secondary N) is 1. The second-order valence-electron chi connectivity index (χ2n) is 7.51. The van der Waals surface area contributed by atoms with Crippen molar-refractivity contribution in [3.05, 3.63) is 18.2 Å². The number of hydrogen-bond acceptors (Lipinski definition) is 4. The minimum Gasteiger partial charge on any atom is -0.495 e. The molecule has 1 saturated heterocycles. The van der Waals surface area contributed by atoms with Crippen molar-refractivity contribution in [1.29, 1.82) is 0 Å². The predicted octanol–water partition coefficient (Wildman–Crippen LogP) is 3.79. The zero-order valence-corrected chi connectivity index (χ0v) is 17.0. The largest absolute Gasteiger partial charge is 0.495 e. The molecule has 0 bridgehead atoms. The van der Waals surface area contributed by atoms with Gasteiger partial charge in [0.2, 0.25) is 15.9 Å². The highest BCUT2D eigenvalue weighted by Crippen LogP contribution is 2.42. The van der Waals surface area contributed by atoms with Crippen LogP contribution < -0.4 is 10.1 Å². The zero-order chi connectivity index (χ0) is 21.2. The Bertz CT molecular complexity index is 852. The molecule has 1 aliphatic heterocycles. The number of benzene rings is 1. The maximum absolute atomic E-state index is 13.3. The van der Waals surface area contributed by atoms with Gasteiger partial charge >= 0.3 is 6.18 Å². The Labute approximate surface area is 168 Å². The number of rotatable bonds is 5. The number of ether oxygens (including phenoxy) is 1. The first-order valence-electron chi connectivity index (χ1n) is 9.70. The van der Waals surface area contributed by atoms with Crippen LogP contribution in [-0.2, 0) is 14.8 Å². The third-order valence-corrected chi connectivity index (χ3v) is 7.58. The molecule has 1 amide bonds. The minimum absolute atomic E-state index is 0.0225. The van der Waals surface area contributed by atoms with E-state index < -0.39 is 33.9 Å². The number of sulfonamides is 1.